The highest BCUT2D eigenvalue weighted by Crippen LogP contribution is 2.46. The second kappa shape index (κ2) is 10.9. The third-order valence-electron chi connectivity index (χ3n) is 5.99. The lowest BCUT2D eigenvalue weighted by Gasteiger charge is -2.27. The van der Waals surface area contributed by atoms with E-state index in [1.807, 2.05) is 4.72 Å². The van der Waals surface area contributed by atoms with Crippen molar-refractivity contribution in [2.45, 2.75) is 17.7 Å². The number of halogens is 4. The summed E-state index contributed by atoms with van der Waals surface area (Å²) in [6, 6.07) is 11.6. The maximum absolute atomic E-state index is 13.7. The molecule has 0 fully saturated rings. The fraction of sp³-hybridized carbons (Fsp3) is 0.167. The maximum Gasteiger partial charge on any atom is 0.573 e. The van der Waals surface area contributed by atoms with Crippen molar-refractivity contribution in [2.75, 3.05) is 6.26 Å². The van der Waals surface area contributed by atoms with Crippen LogP contribution in [0.1, 0.15) is 22.4 Å². The monoisotopic (exact) mass is 658 g/mol. The number of rotatable bonds is 9. The van der Waals surface area contributed by atoms with Crippen LogP contribution in [0.15, 0.2) is 65.2 Å². The molecular formula is C24H18F4N6O6S3. The summed E-state index contributed by atoms with van der Waals surface area (Å²) in [7, 11) is -8.59. The lowest BCUT2D eigenvalue weighted by molar-refractivity contribution is -0.274. The molecule has 0 aliphatic heterocycles. The van der Waals surface area contributed by atoms with Crippen LogP contribution < -0.4 is 14.6 Å². The van der Waals surface area contributed by atoms with E-state index in [2.05, 4.69) is 24.9 Å². The van der Waals surface area contributed by atoms with Gasteiger partial charge in [0.1, 0.15) is 10.8 Å². The molecule has 0 radical (unpaired) electrons. The van der Waals surface area contributed by atoms with E-state index < -0.39 is 55.3 Å². The number of ether oxygens (including phenoxy) is 1. The zero-order valence-corrected chi connectivity index (χ0v) is 24.0. The number of nitrogens with one attached hydrogen (secondary N) is 1. The molecule has 43 heavy (non-hydrogen) atoms. The number of hydrogen-bond donors (Lipinski definition) is 2. The van der Waals surface area contributed by atoms with E-state index in [9.17, 15) is 34.4 Å². The molecule has 0 spiro atoms. The molecule has 0 aliphatic rings. The van der Waals surface area contributed by atoms with Gasteiger partial charge in [0.2, 0.25) is 22.5 Å². The number of hydrogen-bond acceptors (Lipinski definition) is 11. The molecule has 0 bridgehead atoms. The van der Waals surface area contributed by atoms with Crippen molar-refractivity contribution < 1.29 is 43.6 Å². The number of benzene rings is 2. The summed E-state index contributed by atoms with van der Waals surface area (Å²) in [6.07, 6.45) is -2.83. The van der Waals surface area contributed by atoms with Gasteiger partial charge in [0.25, 0.3) is 10.2 Å². The van der Waals surface area contributed by atoms with Crippen molar-refractivity contribution in [3.8, 4) is 16.9 Å². The molecule has 0 aliphatic carbocycles. The van der Waals surface area contributed by atoms with Crippen LogP contribution in [0, 0.1) is 5.95 Å². The zero-order chi connectivity index (χ0) is 31.2. The van der Waals surface area contributed by atoms with Crippen LogP contribution in [0.3, 0.4) is 0 Å². The van der Waals surface area contributed by atoms with E-state index in [4.69, 9.17) is 9.56 Å². The molecule has 19 heteroatoms. The van der Waals surface area contributed by atoms with Crippen molar-refractivity contribution in [3.05, 3.63) is 89.1 Å². The minimum atomic E-state index is -5.00. The third kappa shape index (κ3) is 6.34. The molecule has 0 saturated heterocycles. The van der Waals surface area contributed by atoms with Gasteiger partial charge in [-0.25, -0.2) is 23.5 Å². The van der Waals surface area contributed by atoms with Crippen LogP contribution in [0.5, 0.6) is 5.75 Å². The summed E-state index contributed by atoms with van der Waals surface area (Å²) >= 11 is 0.919. The van der Waals surface area contributed by atoms with E-state index in [-0.39, 0.29) is 16.5 Å². The fourth-order valence-electron chi connectivity index (χ4n) is 4.19. The van der Waals surface area contributed by atoms with Crippen molar-refractivity contribution in [1.82, 2.24) is 24.9 Å². The highest BCUT2D eigenvalue weighted by molar-refractivity contribution is 7.92. The molecule has 1 atom stereocenters. The lowest BCUT2D eigenvalue weighted by atomic mass is 9.98. The summed E-state index contributed by atoms with van der Waals surface area (Å²) in [5, 5.41) is 12.4. The first-order chi connectivity index (χ1) is 20.0. The fourth-order valence-corrected chi connectivity index (χ4v) is 7.53. The van der Waals surface area contributed by atoms with E-state index in [1.165, 1.54) is 18.3 Å². The Morgan fingerprint density at radius 1 is 1.00 bits per heavy atom. The average Bonchev–Trinajstić information content (AvgIpc) is 3.54. The van der Waals surface area contributed by atoms with Crippen molar-refractivity contribution in [3.63, 3.8) is 0 Å². The van der Waals surface area contributed by atoms with Gasteiger partial charge in [0.05, 0.1) is 16.8 Å². The minimum absolute atomic E-state index is 0.113. The highest BCUT2D eigenvalue weighted by Gasteiger charge is 2.54. The number of sulfone groups is 1. The first-order valence-electron chi connectivity index (χ1n) is 11.7. The number of alkyl halides is 3. The summed E-state index contributed by atoms with van der Waals surface area (Å²) < 4.78 is 112. The number of pyridine rings is 1. The number of aromatic nitrogens is 4. The zero-order valence-electron chi connectivity index (χ0n) is 21.5. The first-order valence-corrected chi connectivity index (χ1v) is 16.0. The smallest absolute Gasteiger partial charge is 0.421 e. The van der Waals surface area contributed by atoms with Gasteiger partial charge in [0, 0.05) is 18.0 Å². The number of nitrogens with zero attached hydrogens (tertiary/aromatic N) is 4. The van der Waals surface area contributed by atoms with Crippen LogP contribution in [0.25, 0.3) is 21.3 Å². The molecule has 3 heterocycles. The normalized spacial score (nSPS) is 14.1. The maximum atomic E-state index is 13.7. The first kappa shape index (κ1) is 30.4. The highest BCUT2D eigenvalue weighted by atomic mass is 32.2. The Kier molecular flexibility index (Phi) is 7.71. The summed E-state index contributed by atoms with van der Waals surface area (Å²) in [5.41, 5.74) is 1.40. The van der Waals surface area contributed by atoms with Crippen LogP contribution in [0.4, 0.5) is 17.6 Å². The standard InChI is InChI=1S/C24H18F4N6O6S3/c1-42(35,36)23(15-4-6-16(7-5-15)40-24(26,27)28,21-34-33-20(39-21)12-31-43(29,37)38)22-32-17-8-2-13(10-18(17)41-22)14-3-9-19(25)30-11-14/h2-11,31H,12H2,1H3,(H2,29,37,38). The molecule has 0 amide bonds. The summed E-state index contributed by atoms with van der Waals surface area (Å²) in [4.78, 5) is 8.16. The van der Waals surface area contributed by atoms with Crippen molar-refractivity contribution >= 4 is 41.6 Å². The third-order valence-corrected chi connectivity index (χ3v) is 9.52. The molecule has 5 rings (SSSR count). The van der Waals surface area contributed by atoms with Gasteiger partial charge in [-0.05, 0) is 47.5 Å². The van der Waals surface area contributed by atoms with Gasteiger partial charge < -0.3 is 9.15 Å². The summed E-state index contributed by atoms with van der Waals surface area (Å²) in [5.74, 6) is -2.22. The molecular weight excluding hydrogens is 640 g/mol. The van der Waals surface area contributed by atoms with E-state index in [0.717, 1.165) is 41.9 Å². The Morgan fingerprint density at radius 2 is 1.70 bits per heavy atom. The SMILES string of the molecule is CS(=O)(=O)C(c1ccc(OC(F)(F)F)cc1)(c1nnc(CNS(N)(=O)=O)o1)c1nc2ccc(-c3ccc(F)nc3)cc2s1. The molecule has 5 aromatic rings. The lowest BCUT2D eigenvalue weighted by Crippen LogP contribution is -2.38. The Bertz CT molecular complexity index is 2020. The van der Waals surface area contributed by atoms with E-state index in [0.29, 0.717) is 21.3 Å². The molecule has 3 aromatic heterocycles. The van der Waals surface area contributed by atoms with Crippen molar-refractivity contribution in [2.24, 2.45) is 5.14 Å². The van der Waals surface area contributed by atoms with Gasteiger partial charge in [-0.1, -0.05) is 18.2 Å². The molecule has 1 unspecified atom stereocenters. The van der Waals surface area contributed by atoms with Crippen LogP contribution in [0.2, 0.25) is 0 Å². The van der Waals surface area contributed by atoms with Crippen LogP contribution in [-0.2, 0) is 31.3 Å². The van der Waals surface area contributed by atoms with E-state index >= 15 is 0 Å². The topological polar surface area (TPSA) is 180 Å². The van der Waals surface area contributed by atoms with Crippen LogP contribution >= 0.6 is 11.3 Å². The Labute approximate surface area is 244 Å². The quantitative estimate of drug-likeness (QED) is 0.176. The minimum Gasteiger partial charge on any atom is -0.421 e. The van der Waals surface area contributed by atoms with Crippen molar-refractivity contribution in [1.29, 1.82) is 0 Å². The van der Waals surface area contributed by atoms with Gasteiger partial charge in [-0.15, -0.1) is 34.7 Å². The molecule has 226 valence electrons. The number of fused-ring (bicyclic) bond motifs is 1. The average molecular weight is 659 g/mol. The van der Waals surface area contributed by atoms with Gasteiger partial charge in [-0.3, -0.25) is 0 Å². The van der Waals surface area contributed by atoms with Gasteiger partial charge in [0.15, 0.2) is 9.84 Å². The van der Waals surface area contributed by atoms with Crippen LogP contribution in [-0.4, -0.2) is 49.6 Å². The Morgan fingerprint density at radius 3 is 2.30 bits per heavy atom. The van der Waals surface area contributed by atoms with Gasteiger partial charge in [-0.2, -0.15) is 17.5 Å². The molecule has 0 saturated carbocycles. The van der Waals surface area contributed by atoms with Gasteiger partial charge >= 0.3 is 6.36 Å². The predicted molar refractivity (Wildman–Crippen MR) is 145 cm³/mol. The second-order valence-electron chi connectivity index (χ2n) is 8.96. The molecule has 3 N–H and O–H groups in total. The number of nitrogens with two attached hydrogens (primary N) is 1. The van der Waals surface area contributed by atoms with E-state index in [1.54, 1.807) is 18.2 Å². The predicted octanol–water partition coefficient (Wildman–Crippen LogP) is 3.41. The molecule has 2 aromatic carbocycles. The summed E-state index contributed by atoms with van der Waals surface area (Å²) in [6.45, 7) is -0.584. The number of thiazole rings is 1. The second-order valence-corrected chi connectivity index (χ2v) is 13.5. The largest absolute Gasteiger partial charge is 0.573 e. The Balaban J connectivity index is 1.71. The molecule has 12 nitrogen and oxygen atoms in total. The Hall–Kier alpha value is -4.04.